The summed E-state index contributed by atoms with van der Waals surface area (Å²) >= 11 is 0. The maximum atomic E-state index is 15.0. The van der Waals surface area contributed by atoms with Crippen LogP contribution in [0.25, 0.3) is 11.0 Å². The molecule has 0 bridgehead atoms. The Balaban J connectivity index is 1.71. The number of ether oxygens (including phenoxy) is 3. The van der Waals surface area contributed by atoms with Gasteiger partial charge in [-0.1, -0.05) is 25.7 Å². The predicted octanol–water partition coefficient (Wildman–Crippen LogP) is 6.02. The van der Waals surface area contributed by atoms with Gasteiger partial charge in [0.25, 0.3) is 0 Å². The third-order valence-electron chi connectivity index (χ3n) is 5.77. The van der Waals surface area contributed by atoms with Crippen molar-refractivity contribution in [3.05, 3.63) is 53.6 Å². The van der Waals surface area contributed by atoms with Crippen LogP contribution in [0.3, 0.4) is 0 Å². The molecule has 208 valence electrons. The number of fused-ring (bicyclic) bond motifs is 1. The number of halogens is 1. The number of benzene rings is 1. The minimum Gasteiger partial charge on any atom is -0.453 e. The summed E-state index contributed by atoms with van der Waals surface area (Å²) in [5.41, 5.74) is 1.60. The van der Waals surface area contributed by atoms with Gasteiger partial charge in [-0.25, -0.2) is 14.2 Å². The average Bonchev–Trinajstić information content (AvgIpc) is 3.12. The number of hydrogen-bond donors (Lipinski definition) is 2. The van der Waals surface area contributed by atoms with E-state index in [1.54, 1.807) is 45.2 Å². The minimum atomic E-state index is -1.18. The van der Waals surface area contributed by atoms with Crippen molar-refractivity contribution in [1.82, 2.24) is 14.9 Å². The van der Waals surface area contributed by atoms with Crippen molar-refractivity contribution < 1.29 is 28.5 Å². The molecule has 0 spiro atoms. The number of alkyl carbamates (subject to hydrolysis) is 1. The van der Waals surface area contributed by atoms with E-state index in [0.29, 0.717) is 30.3 Å². The number of amides is 1. The molecular weight excluding hydrogens is 505 g/mol. The number of hydrogen-bond acceptors (Lipinski definition) is 6. The van der Waals surface area contributed by atoms with Crippen molar-refractivity contribution in [2.45, 2.75) is 78.2 Å². The third-order valence-corrected chi connectivity index (χ3v) is 7.48. The molecule has 0 saturated carbocycles. The first-order valence-corrected chi connectivity index (χ1v) is 16.6. The number of rotatable bonds is 11. The maximum Gasteiger partial charge on any atom is 0.407 e. The Kier molecular flexibility index (Phi) is 9.56. The topological polar surface area (TPSA) is 94.8 Å². The van der Waals surface area contributed by atoms with Gasteiger partial charge in [-0.3, -0.25) is 0 Å². The smallest absolute Gasteiger partial charge is 0.407 e. The molecule has 0 aliphatic heterocycles. The number of nitrogens with one attached hydrogen (secondary N) is 1. The summed E-state index contributed by atoms with van der Waals surface area (Å²) in [7, 11) is -1.18. The van der Waals surface area contributed by atoms with Crippen LogP contribution >= 0.6 is 0 Å². The Morgan fingerprint density at radius 2 is 1.95 bits per heavy atom. The van der Waals surface area contributed by atoms with Gasteiger partial charge in [-0.2, -0.15) is 0 Å². The van der Waals surface area contributed by atoms with E-state index >= 15 is 4.39 Å². The van der Waals surface area contributed by atoms with Crippen molar-refractivity contribution in [1.29, 1.82) is 0 Å². The van der Waals surface area contributed by atoms with Crippen LogP contribution in [-0.2, 0) is 22.6 Å². The van der Waals surface area contributed by atoms with Gasteiger partial charge in [0.05, 0.1) is 18.0 Å². The van der Waals surface area contributed by atoms with Gasteiger partial charge in [0.1, 0.15) is 23.7 Å². The molecule has 2 heterocycles. The number of carbonyl (C=O) groups excluding carboxylic acids is 1. The Bertz CT molecular complexity index is 1250. The van der Waals surface area contributed by atoms with E-state index in [2.05, 4.69) is 29.9 Å². The molecule has 10 heteroatoms. The molecule has 0 aliphatic carbocycles. The summed E-state index contributed by atoms with van der Waals surface area (Å²) in [6.07, 6.45) is 3.19. The fourth-order valence-electron chi connectivity index (χ4n) is 3.90. The van der Waals surface area contributed by atoms with E-state index in [0.717, 1.165) is 17.0 Å². The summed E-state index contributed by atoms with van der Waals surface area (Å²) in [6, 6.07) is 6.78. The van der Waals surface area contributed by atoms with Crippen molar-refractivity contribution in [2.75, 3.05) is 13.2 Å². The van der Waals surface area contributed by atoms with Gasteiger partial charge in [0, 0.05) is 27.1 Å². The van der Waals surface area contributed by atoms with Gasteiger partial charge in [0.15, 0.2) is 11.6 Å². The zero-order valence-corrected chi connectivity index (χ0v) is 24.4. The molecule has 1 aromatic carbocycles. The summed E-state index contributed by atoms with van der Waals surface area (Å²) in [4.78, 5) is 16.5. The van der Waals surface area contributed by atoms with Crippen LogP contribution in [0.4, 0.5) is 9.18 Å². The lowest BCUT2D eigenvalue weighted by atomic mass is 10.1. The lowest BCUT2D eigenvalue weighted by Crippen LogP contribution is -2.42. The molecule has 1 atom stereocenters. The highest BCUT2D eigenvalue weighted by molar-refractivity contribution is 6.76. The fraction of sp³-hybridized carbons (Fsp3) is 0.500. The van der Waals surface area contributed by atoms with E-state index in [9.17, 15) is 9.90 Å². The summed E-state index contributed by atoms with van der Waals surface area (Å²) in [6.45, 7) is 14.9. The van der Waals surface area contributed by atoms with E-state index in [1.807, 2.05) is 17.7 Å². The van der Waals surface area contributed by atoms with Gasteiger partial charge < -0.3 is 29.2 Å². The highest BCUT2D eigenvalue weighted by atomic mass is 28.3. The van der Waals surface area contributed by atoms with Gasteiger partial charge >= 0.3 is 6.09 Å². The van der Waals surface area contributed by atoms with Crippen molar-refractivity contribution in [3.8, 4) is 11.5 Å². The molecule has 8 nitrogen and oxygen atoms in total. The van der Waals surface area contributed by atoms with E-state index in [1.165, 1.54) is 6.07 Å². The Hall–Kier alpha value is -2.95. The van der Waals surface area contributed by atoms with Crippen LogP contribution in [0.15, 0.2) is 36.7 Å². The molecule has 1 amide bonds. The second kappa shape index (κ2) is 12.3. The maximum absolute atomic E-state index is 15.0. The van der Waals surface area contributed by atoms with Crippen molar-refractivity contribution in [3.63, 3.8) is 0 Å². The Labute approximate surface area is 225 Å². The molecule has 3 rings (SSSR count). The van der Waals surface area contributed by atoms with Crippen molar-refractivity contribution >= 4 is 25.2 Å². The summed E-state index contributed by atoms with van der Waals surface area (Å²) in [5.74, 6) is 0.0217. The number of pyridine rings is 1. The number of carbonyl (C=O) groups is 1. The van der Waals surface area contributed by atoms with Gasteiger partial charge in [-0.05, 0) is 69.5 Å². The highest BCUT2D eigenvalue weighted by Gasteiger charge is 2.20. The largest absolute Gasteiger partial charge is 0.453 e. The SMILES string of the molecule is Cc1cn(COCC[Si](C)(C)C)c2nccc(Oc3ccc(C[C@@H](CO)NC(=O)OC(C)(C)C)cc3F)c12. The first kappa shape index (κ1) is 29.6. The second-order valence-electron chi connectivity index (χ2n) is 11.7. The molecule has 3 aromatic rings. The number of aliphatic hydroxyl groups excluding tert-OH is 1. The monoisotopic (exact) mass is 545 g/mol. The molecular formula is C28H40FN3O5Si. The molecule has 2 N–H and O–H groups in total. The van der Waals surface area contributed by atoms with Gasteiger partial charge in [-0.15, -0.1) is 0 Å². The molecule has 0 aliphatic rings. The average molecular weight is 546 g/mol. The lowest BCUT2D eigenvalue weighted by Gasteiger charge is -2.23. The van der Waals surface area contributed by atoms with Crippen LogP contribution in [0.1, 0.15) is 31.9 Å². The molecule has 0 radical (unpaired) electrons. The van der Waals surface area contributed by atoms with Crippen LogP contribution in [0.2, 0.25) is 25.7 Å². The van der Waals surface area contributed by atoms with Gasteiger partial charge in [0.2, 0.25) is 0 Å². The van der Waals surface area contributed by atoms with E-state index in [-0.39, 0.29) is 18.8 Å². The quantitative estimate of drug-likeness (QED) is 0.226. The van der Waals surface area contributed by atoms with Crippen LogP contribution in [0, 0.1) is 12.7 Å². The molecule has 0 saturated heterocycles. The molecule has 38 heavy (non-hydrogen) atoms. The summed E-state index contributed by atoms with van der Waals surface area (Å²) in [5, 5.41) is 13.1. The van der Waals surface area contributed by atoms with E-state index in [4.69, 9.17) is 14.2 Å². The standard InChI is InChI=1S/C28H40FN3O5Si/c1-19-16-32(18-35-12-13-38(5,6)7)26-25(19)24(10-11-30-26)36-23-9-8-20(15-22(23)29)14-21(17-33)31-27(34)37-28(2,3)4/h8-11,15-16,21,33H,12-14,17-18H2,1-7H3,(H,31,34)/t21-/m0/s1. The molecule has 0 unspecified atom stereocenters. The molecule has 0 fully saturated rings. The zero-order chi connectivity index (χ0) is 28.1. The number of aryl methyl sites for hydroxylation is 1. The normalized spacial score (nSPS) is 13.0. The predicted molar refractivity (Wildman–Crippen MR) is 149 cm³/mol. The summed E-state index contributed by atoms with van der Waals surface area (Å²) < 4.78 is 34.1. The van der Waals surface area contributed by atoms with Crippen LogP contribution in [0.5, 0.6) is 11.5 Å². The number of nitrogens with zero attached hydrogens (tertiary/aromatic N) is 2. The van der Waals surface area contributed by atoms with Crippen LogP contribution in [-0.4, -0.2) is 53.7 Å². The molecule has 2 aromatic heterocycles. The van der Waals surface area contributed by atoms with Crippen LogP contribution < -0.4 is 10.1 Å². The van der Waals surface area contributed by atoms with Crippen molar-refractivity contribution in [2.24, 2.45) is 0 Å². The highest BCUT2D eigenvalue weighted by Crippen LogP contribution is 2.33. The fourth-order valence-corrected chi connectivity index (χ4v) is 4.66. The van der Waals surface area contributed by atoms with E-state index < -0.39 is 31.6 Å². The first-order valence-electron chi connectivity index (χ1n) is 12.8. The first-order chi connectivity index (χ1) is 17.8. The third kappa shape index (κ3) is 8.54. The number of aromatic nitrogens is 2. The lowest BCUT2D eigenvalue weighted by molar-refractivity contribution is 0.0482. The number of aliphatic hydroxyl groups is 1. The Morgan fingerprint density at radius 3 is 2.58 bits per heavy atom. The second-order valence-corrected chi connectivity index (χ2v) is 17.4. The zero-order valence-electron chi connectivity index (χ0n) is 23.4. The minimum absolute atomic E-state index is 0.0698. The Morgan fingerprint density at radius 1 is 1.21 bits per heavy atom.